The first-order valence-electron chi connectivity index (χ1n) is 5.34. The number of likely N-dealkylation sites (N-methyl/N-ethyl adjacent to an activating group) is 1. The van der Waals surface area contributed by atoms with Crippen molar-refractivity contribution in [2.24, 2.45) is 0 Å². The second-order valence-electron chi connectivity index (χ2n) is 2.82. The highest BCUT2D eigenvalue weighted by Crippen LogP contribution is 1.89. The molecule has 0 fully saturated rings. The quantitative estimate of drug-likeness (QED) is 0.614. The molecule has 2 heteroatoms. The Kier molecular flexibility index (Phi) is 16.2. The normalized spacial score (nSPS) is 9.00. The summed E-state index contributed by atoms with van der Waals surface area (Å²) in [6.07, 6.45) is 4.32. The van der Waals surface area contributed by atoms with Crippen molar-refractivity contribution in [1.82, 2.24) is 10.2 Å². The van der Waals surface area contributed by atoms with Gasteiger partial charge in [-0.25, -0.2) is 0 Å². The molecule has 0 atom stereocenters. The van der Waals surface area contributed by atoms with Gasteiger partial charge in [0.1, 0.15) is 0 Å². The molecule has 0 aromatic carbocycles. The third-order valence-electron chi connectivity index (χ3n) is 1.68. The summed E-state index contributed by atoms with van der Waals surface area (Å²) in [5.74, 6) is 0. The minimum absolute atomic E-state index is 1.00. The van der Waals surface area contributed by atoms with Crippen LogP contribution in [0.4, 0.5) is 0 Å². The number of rotatable bonds is 7. The molecule has 1 N–H and O–H groups in total. The fraction of sp³-hybridized carbons (Fsp3) is 0.818. The van der Waals surface area contributed by atoms with Gasteiger partial charge in [0.2, 0.25) is 0 Å². The molecule has 0 unspecified atom stereocenters. The Morgan fingerprint density at radius 2 is 1.92 bits per heavy atom. The Morgan fingerprint density at radius 3 is 2.38 bits per heavy atom. The van der Waals surface area contributed by atoms with Crippen LogP contribution in [0.3, 0.4) is 0 Å². The second kappa shape index (κ2) is 14.0. The molecule has 0 rings (SSSR count). The van der Waals surface area contributed by atoms with E-state index < -0.39 is 0 Å². The number of hydrogen-bond acceptors (Lipinski definition) is 2. The summed E-state index contributed by atoms with van der Waals surface area (Å²) in [5, 5.41) is 3.08. The van der Waals surface area contributed by atoms with Gasteiger partial charge >= 0.3 is 0 Å². The van der Waals surface area contributed by atoms with Gasteiger partial charge in [-0.2, -0.15) is 0 Å². The second-order valence-corrected chi connectivity index (χ2v) is 2.82. The summed E-state index contributed by atoms with van der Waals surface area (Å²) in [7, 11) is 2.15. The van der Waals surface area contributed by atoms with Crippen LogP contribution in [-0.2, 0) is 0 Å². The molecule has 0 bridgehead atoms. The third kappa shape index (κ3) is 14.4. The highest BCUT2D eigenvalue weighted by Gasteiger charge is 1.94. The van der Waals surface area contributed by atoms with E-state index in [0.717, 1.165) is 13.1 Å². The zero-order valence-electron chi connectivity index (χ0n) is 9.77. The van der Waals surface area contributed by atoms with E-state index in [0.29, 0.717) is 0 Å². The SMILES string of the molecule is C=CNCCN(C)CCCC.CC. The lowest BCUT2D eigenvalue weighted by molar-refractivity contribution is 0.331. The van der Waals surface area contributed by atoms with Crippen LogP contribution in [0.5, 0.6) is 0 Å². The molecule has 80 valence electrons. The summed E-state index contributed by atoms with van der Waals surface area (Å²) < 4.78 is 0. The van der Waals surface area contributed by atoms with Gasteiger partial charge in [-0.1, -0.05) is 33.8 Å². The lowest BCUT2D eigenvalue weighted by atomic mass is 10.3. The third-order valence-corrected chi connectivity index (χ3v) is 1.68. The molecule has 0 spiro atoms. The van der Waals surface area contributed by atoms with E-state index in [9.17, 15) is 0 Å². The first-order valence-corrected chi connectivity index (χ1v) is 5.34. The fourth-order valence-electron chi connectivity index (χ4n) is 0.897. The molecule has 0 aromatic rings. The van der Waals surface area contributed by atoms with Crippen molar-refractivity contribution in [3.63, 3.8) is 0 Å². The zero-order chi connectivity index (χ0) is 10.5. The van der Waals surface area contributed by atoms with Crippen LogP contribution in [0.25, 0.3) is 0 Å². The van der Waals surface area contributed by atoms with Crippen molar-refractivity contribution in [2.75, 3.05) is 26.7 Å². The Hall–Kier alpha value is -0.500. The van der Waals surface area contributed by atoms with Crippen molar-refractivity contribution in [3.8, 4) is 0 Å². The standard InChI is InChI=1S/C9H20N2.C2H6/c1-4-6-8-11(3)9-7-10-5-2;1-2/h5,10H,2,4,6-9H2,1,3H3;1-2H3. The predicted octanol–water partition coefficient (Wildman–Crippen LogP) is 2.48. The highest BCUT2D eigenvalue weighted by molar-refractivity contribution is 4.64. The molecule has 0 aromatic heterocycles. The molecule has 0 amide bonds. The van der Waals surface area contributed by atoms with E-state index >= 15 is 0 Å². The average molecular weight is 186 g/mol. The molecule has 0 heterocycles. The minimum Gasteiger partial charge on any atom is -0.390 e. The number of unbranched alkanes of at least 4 members (excludes halogenated alkanes) is 1. The van der Waals surface area contributed by atoms with Crippen LogP contribution in [0.15, 0.2) is 12.8 Å². The number of nitrogens with zero attached hydrogens (tertiary/aromatic N) is 1. The van der Waals surface area contributed by atoms with Crippen LogP contribution in [-0.4, -0.2) is 31.6 Å². The smallest absolute Gasteiger partial charge is 0.0269 e. The van der Waals surface area contributed by atoms with Crippen LogP contribution < -0.4 is 5.32 Å². The Bertz CT molecular complexity index is 92.1. The van der Waals surface area contributed by atoms with Gasteiger partial charge in [-0.05, 0) is 26.2 Å². The van der Waals surface area contributed by atoms with E-state index in [4.69, 9.17) is 0 Å². The van der Waals surface area contributed by atoms with E-state index in [1.54, 1.807) is 6.20 Å². The topological polar surface area (TPSA) is 15.3 Å². The van der Waals surface area contributed by atoms with Gasteiger partial charge in [-0.3, -0.25) is 0 Å². The molecule has 0 aliphatic rings. The Labute approximate surface area is 84.0 Å². The van der Waals surface area contributed by atoms with Crippen LogP contribution in [0, 0.1) is 0 Å². The van der Waals surface area contributed by atoms with E-state index in [2.05, 4.69) is 30.8 Å². The van der Waals surface area contributed by atoms with Gasteiger partial charge in [0.05, 0.1) is 0 Å². The van der Waals surface area contributed by atoms with Crippen LogP contribution >= 0.6 is 0 Å². The number of nitrogens with one attached hydrogen (secondary N) is 1. The molecule has 13 heavy (non-hydrogen) atoms. The lowest BCUT2D eigenvalue weighted by Gasteiger charge is -2.15. The Balaban J connectivity index is 0. The maximum absolute atomic E-state index is 3.59. The van der Waals surface area contributed by atoms with Gasteiger partial charge in [0.25, 0.3) is 0 Å². The molecule has 0 aliphatic heterocycles. The summed E-state index contributed by atoms with van der Waals surface area (Å²) in [5.41, 5.74) is 0. The zero-order valence-corrected chi connectivity index (χ0v) is 9.77. The molecule has 0 saturated carbocycles. The molecule has 2 nitrogen and oxygen atoms in total. The van der Waals surface area contributed by atoms with E-state index in [1.807, 2.05) is 13.8 Å². The number of hydrogen-bond donors (Lipinski definition) is 1. The maximum Gasteiger partial charge on any atom is 0.0269 e. The molecule has 0 aliphatic carbocycles. The largest absolute Gasteiger partial charge is 0.390 e. The van der Waals surface area contributed by atoms with Gasteiger partial charge < -0.3 is 10.2 Å². The summed E-state index contributed by atoms with van der Waals surface area (Å²) in [6.45, 7) is 13.1. The van der Waals surface area contributed by atoms with Crippen molar-refractivity contribution in [1.29, 1.82) is 0 Å². The lowest BCUT2D eigenvalue weighted by Crippen LogP contribution is -2.27. The molecule has 0 radical (unpaired) electrons. The molecular weight excluding hydrogens is 160 g/mol. The minimum atomic E-state index is 1.00. The van der Waals surface area contributed by atoms with Gasteiger partial charge in [0, 0.05) is 13.1 Å². The van der Waals surface area contributed by atoms with Gasteiger partial charge in [-0.15, -0.1) is 0 Å². The molecule has 0 saturated heterocycles. The fourth-order valence-corrected chi connectivity index (χ4v) is 0.897. The first-order chi connectivity index (χ1) is 6.31. The van der Waals surface area contributed by atoms with E-state index in [1.165, 1.54) is 19.4 Å². The summed E-state index contributed by atoms with van der Waals surface area (Å²) in [4.78, 5) is 2.33. The predicted molar refractivity (Wildman–Crippen MR) is 62.0 cm³/mol. The monoisotopic (exact) mass is 186 g/mol. The van der Waals surface area contributed by atoms with E-state index in [-0.39, 0.29) is 0 Å². The van der Waals surface area contributed by atoms with Gasteiger partial charge in [0.15, 0.2) is 0 Å². The Morgan fingerprint density at radius 1 is 1.31 bits per heavy atom. The van der Waals surface area contributed by atoms with Crippen molar-refractivity contribution < 1.29 is 0 Å². The first kappa shape index (κ1) is 15.0. The highest BCUT2D eigenvalue weighted by atomic mass is 15.1. The molecular formula is C11H26N2. The van der Waals surface area contributed by atoms with Crippen molar-refractivity contribution >= 4 is 0 Å². The van der Waals surface area contributed by atoms with Crippen LogP contribution in [0.1, 0.15) is 33.6 Å². The average Bonchev–Trinajstić information content (AvgIpc) is 2.18. The summed E-state index contributed by atoms with van der Waals surface area (Å²) in [6, 6.07) is 0. The van der Waals surface area contributed by atoms with Crippen molar-refractivity contribution in [2.45, 2.75) is 33.6 Å². The maximum atomic E-state index is 3.59. The summed E-state index contributed by atoms with van der Waals surface area (Å²) >= 11 is 0. The van der Waals surface area contributed by atoms with Crippen LogP contribution in [0.2, 0.25) is 0 Å². The van der Waals surface area contributed by atoms with Crippen molar-refractivity contribution in [3.05, 3.63) is 12.8 Å².